The highest BCUT2D eigenvalue weighted by atomic mass is 32.2. The van der Waals surface area contributed by atoms with Gasteiger partial charge in [-0.2, -0.15) is 0 Å². The van der Waals surface area contributed by atoms with E-state index in [-0.39, 0.29) is 52.8 Å². The topological polar surface area (TPSA) is 178 Å². The van der Waals surface area contributed by atoms with Crippen molar-refractivity contribution in [3.05, 3.63) is 106 Å². The third-order valence-electron chi connectivity index (χ3n) is 8.72. The van der Waals surface area contributed by atoms with Gasteiger partial charge in [0, 0.05) is 59.3 Å². The minimum Gasteiger partial charge on any atom is -0.505 e. The van der Waals surface area contributed by atoms with Crippen LogP contribution in [0.4, 0.5) is 10.1 Å². The molecule has 2 saturated heterocycles. The quantitative estimate of drug-likeness (QED) is 0.0839. The lowest BCUT2D eigenvalue weighted by atomic mass is 9.80. The predicted molar refractivity (Wildman–Crippen MR) is 189 cm³/mol. The van der Waals surface area contributed by atoms with Crippen molar-refractivity contribution in [1.82, 2.24) is 20.5 Å². The zero-order valence-corrected chi connectivity index (χ0v) is 29.2. The molecule has 3 aliphatic rings. The molecule has 3 aliphatic heterocycles. The SMILES string of the molecule is Cc1cc(C)cc(SCC(=O)N[C@@H]2C(=O)N3C(C(=O)O)=C(C(=C4CCNC4=O)C(CC(=O)Nc4ccc(O)c(F)c4)c4ccncc4)CS[C@H]23)c1. The molecule has 264 valence electrons. The number of allylic oxidation sites excluding steroid dienone is 1. The molecule has 0 saturated carbocycles. The highest BCUT2D eigenvalue weighted by Gasteiger charge is 2.55. The number of carboxylic acids is 1. The number of nitrogens with one attached hydrogen (secondary N) is 3. The van der Waals surface area contributed by atoms with Crippen LogP contribution in [0.15, 0.2) is 88.2 Å². The first kappa shape index (κ1) is 35.7. The van der Waals surface area contributed by atoms with Gasteiger partial charge in [0.05, 0.1) is 5.75 Å². The van der Waals surface area contributed by atoms with E-state index in [9.17, 15) is 38.6 Å². The number of carboxylic acid groups (broad SMARTS) is 1. The summed E-state index contributed by atoms with van der Waals surface area (Å²) in [4.78, 5) is 72.5. The Bertz CT molecular complexity index is 1980. The number of rotatable bonds is 11. The van der Waals surface area contributed by atoms with Crippen LogP contribution in [0.2, 0.25) is 0 Å². The van der Waals surface area contributed by atoms with Gasteiger partial charge in [-0.05, 0) is 84.5 Å². The van der Waals surface area contributed by atoms with Crippen LogP contribution in [-0.2, 0) is 24.0 Å². The second kappa shape index (κ2) is 15.0. The zero-order chi connectivity index (χ0) is 36.4. The number of β-lactam (4-membered cyclic amide) rings is 1. The van der Waals surface area contributed by atoms with Crippen LogP contribution in [-0.4, -0.2) is 79.2 Å². The van der Waals surface area contributed by atoms with E-state index >= 15 is 0 Å². The van der Waals surface area contributed by atoms with Crippen LogP contribution >= 0.6 is 23.5 Å². The Morgan fingerprint density at radius 3 is 2.45 bits per heavy atom. The van der Waals surface area contributed by atoms with E-state index in [1.807, 2.05) is 32.0 Å². The van der Waals surface area contributed by atoms with Crippen molar-refractivity contribution < 1.29 is 38.6 Å². The van der Waals surface area contributed by atoms with Crippen LogP contribution in [0.5, 0.6) is 5.75 Å². The Labute approximate surface area is 301 Å². The number of aliphatic carboxylic acids is 1. The number of aromatic hydroxyl groups is 1. The maximum atomic E-state index is 14.1. The summed E-state index contributed by atoms with van der Waals surface area (Å²) < 4.78 is 14.1. The molecular formula is C36H34FN5O7S2. The van der Waals surface area contributed by atoms with Gasteiger partial charge in [0.2, 0.25) is 17.7 Å². The molecule has 0 aliphatic carbocycles. The molecule has 15 heteroatoms. The van der Waals surface area contributed by atoms with E-state index in [0.717, 1.165) is 33.1 Å². The lowest BCUT2D eigenvalue weighted by Gasteiger charge is -2.50. The van der Waals surface area contributed by atoms with Crippen molar-refractivity contribution in [2.75, 3.05) is 23.4 Å². The number of carbonyl (C=O) groups is 5. The van der Waals surface area contributed by atoms with Gasteiger partial charge in [0.15, 0.2) is 11.6 Å². The molecule has 2 fully saturated rings. The van der Waals surface area contributed by atoms with Crippen LogP contribution < -0.4 is 16.0 Å². The van der Waals surface area contributed by atoms with Gasteiger partial charge < -0.3 is 26.2 Å². The molecule has 1 aromatic heterocycles. The smallest absolute Gasteiger partial charge is 0.352 e. The van der Waals surface area contributed by atoms with E-state index < -0.39 is 52.6 Å². The second-order valence-corrected chi connectivity index (χ2v) is 14.5. The number of fused-ring (bicyclic) bond motifs is 1. The fourth-order valence-corrected chi connectivity index (χ4v) is 8.84. The normalized spacial score (nSPS) is 19.9. The summed E-state index contributed by atoms with van der Waals surface area (Å²) in [5, 5.41) is 27.6. The van der Waals surface area contributed by atoms with Crippen molar-refractivity contribution in [3.8, 4) is 5.75 Å². The summed E-state index contributed by atoms with van der Waals surface area (Å²) in [6.07, 6.45) is 2.98. The number of carbonyl (C=O) groups excluding carboxylic acids is 4. The summed E-state index contributed by atoms with van der Waals surface area (Å²) in [7, 11) is 0. The number of amides is 4. The number of pyridine rings is 1. The number of aryl methyl sites for hydroxylation is 2. The second-order valence-electron chi connectivity index (χ2n) is 12.3. The van der Waals surface area contributed by atoms with Crippen LogP contribution in [0.25, 0.3) is 0 Å². The van der Waals surface area contributed by atoms with Gasteiger partial charge in [-0.25, -0.2) is 9.18 Å². The van der Waals surface area contributed by atoms with E-state index in [1.54, 1.807) is 12.1 Å². The molecule has 3 aromatic rings. The van der Waals surface area contributed by atoms with Crippen molar-refractivity contribution in [3.63, 3.8) is 0 Å². The molecular weight excluding hydrogens is 698 g/mol. The fraction of sp³-hybridized carbons (Fsp3) is 0.278. The Hall–Kier alpha value is -5.15. The van der Waals surface area contributed by atoms with Crippen LogP contribution in [0, 0.1) is 19.7 Å². The number of phenols is 1. The molecule has 3 atom stereocenters. The van der Waals surface area contributed by atoms with Crippen LogP contribution in [0.1, 0.15) is 35.4 Å². The first-order valence-electron chi connectivity index (χ1n) is 16.0. The van der Waals surface area contributed by atoms with Gasteiger partial charge in [-0.1, -0.05) is 6.07 Å². The lowest BCUT2D eigenvalue weighted by Crippen LogP contribution is -2.70. The maximum absolute atomic E-state index is 14.1. The molecule has 51 heavy (non-hydrogen) atoms. The minimum absolute atomic E-state index is 0.0642. The zero-order valence-electron chi connectivity index (χ0n) is 27.6. The number of nitrogens with zero attached hydrogens (tertiary/aromatic N) is 2. The summed E-state index contributed by atoms with van der Waals surface area (Å²) in [5.41, 5.74) is 3.26. The molecule has 0 bridgehead atoms. The largest absolute Gasteiger partial charge is 0.505 e. The van der Waals surface area contributed by atoms with E-state index in [1.165, 1.54) is 42.0 Å². The standard InChI is InChI=1S/C36H34FN5O7S2/c1-18-11-19(2)13-22(12-18)50-17-29(45)41-31-34(47)42-32(36(48)49)25(16-51-35(31)42)30(23-7-10-39-33(23)46)24(20-5-8-38-9-6-20)15-28(44)40-21-3-4-27(43)26(37)14-21/h3-6,8-9,11-14,24,31,35,43H,7,10,15-17H2,1-2H3,(H,39,46)(H,40,44)(H,41,45)(H,48,49)/t24?,31-,35-/m1/s1. The third-order valence-corrected chi connectivity index (χ3v) is 11.0. The Kier molecular flexibility index (Phi) is 10.5. The Morgan fingerprint density at radius 1 is 1.08 bits per heavy atom. The number of benzene rings is 2. The van der Waals surface area contributed by atoms with Crippen molar-refractivity contribution in [2.45, 2.75) is 48.9 Å². The molecule has 4 heterocycles. The number of phenolic OH excluding ortho intramolecular Hbond substituents is 1. The molecule has 12 nitrogen and oxygen atoms in total. The number of aromatic nitrogens is 1. The molecule has 0 radical (unpaired) electrons. The number of anilines is 1. The molecule has 1 unspecified atom stereocenters. The van der Waals surface area contributed by atoms with Crippen LogP contribution in [0.3, 0.4) is 0 Å². The number of hydrogen-bond acceptors (Lipinski definition) is 9. The highest BCUT2D eigenvalue weighted by molar-refractivity contribution is 8.00. The third kappa shape index (κ3) is 7.64. The predicted octanol–water partition coefficient (Wildman–Crippen LogP) is 4.00. The molecule has 0 spiro atoms. The molecule has 6 rings (SSSR count). The molecule has 5 N–H and O–H groups in total. The Balaban J connectivity index is 1.31. The summed E-state index contributed by atoms with van der Waals surface area (Å²) in [6.45, 7) is 4.23. The summed E-state index contributed by atoms with van der Waals surface area (Å²) >= 11 is 2.60. The van der Waals surface area contributed by atoms with Gasteiger partial charge in [-0.15, -0.1) is 23.5 Å². The van der Waals surface area contributed by atoms with Crippen molar-refractivity contribution in [1.29, 1.82) is 0 Å². The lowest BCUT2D eigenvalue weighted by molar-refractivity contribution is -0.150. The van der Waals surface area contributed by atoms with E-state index in [4.69, 9.17) is 0 Å². The number of hydrogen-bond donors (Lipinski definition) is 5. The van der Waals surface area contributed by atoms with E-state index in [0.29, 0.717) is 17.7 Å². The first-order valence-corrected chi connectivity index (χ1v) is 18.1. The average molecular weight is 732 g/mol. The monoisotopic (exact) mass is 731 g/mol. The molecule has 2 aromatic carbocycles. The van der Waals surface area contributed by atoms with Crippen molar-refractivity contribution in [2.24, 2.45) is 0 Å². The highest BCUT2D eigenvalue weighted by Crippen LogP contribution is 2.47. The Morgan fingerprint density at radius 2 is 1.80 bits per heavy atom. The fourth-order valence-electron chi connectivity index (χ4n) is 6.55. The number of halogens is 1. The van der Waals surface area contributed by atoms with Gasteiger partial charge >= 0.3 is 5.97 Å². The minimum atomic E-state index is -1.40. The first-order chi connectivity index (χ1) is 24.4. The molecule has 4 amide bonds. The van der Waals surface area contributed by atoms with Crippen molar-refractivity contribution >= 4 is 58.8 Å². The summed E-state index contributed by atoms with van der Waals surface area (Å²) in [5.74, 6) is -5.60. The van der Waals surface area contributed by atoms with Gasteiger partial charge in [0.25, 0.3) is 5.91 Å². The maximum Gasteiger partial charge on any atom is 0.352 e. The number of thioether (sulfide) groups is 2. The summed E-state index contributed by atoms with van der Waals surface area (Å²) in [6, 6.07) is 11.7. The van der Waals surface area contributed by atoms with E-state index in [2.05, 4.69) is 20.9 Å². The average Bonchev–Trinajstić information content (AvgIpc) is 3.52. The van der Waals surface area contributed by atoms with Gasteiger partial charge in [-0.3, -0.25) is 29.1 Å². The van der Waals surface area contributed by atoms with Gasteiger partial charge in [0.1, 0.15) is 17.1 Å².